The molecule has 0 saturated carbocycles. The minimum atomic E-state index is -1.04. The number of nitrogens with zero attached hydrogens (tertiary/aromatic N) is 1. The molecule has 3 heteroatoms. The first kappa shape index (κ1) is 18.5. The van der Waals surface area contributed by atoms with Gasteiger partial charge < -0.3 is 14.7 Å². The van der Waals surface area contributed by atoms with Gasteiger partial charge in [-0.25, -0.2) is 0 Å². The lowest BCUT2D eigenvalue weighted by Gasteiger charge is -2.34. The monoisotopic (exact) mass is 365 g/mol. The van der Waals surface area contributed by atoms with E-state index in [-0.39, 0.29) is 5.60 Å². The third-order valence-corrected chi connectivity index (χ3v) is 6.03. The smallest absolute Gasteiger partial charge is 0.129 e. The molecule has 1 fully saturated rings. The summed E-state index contributed by atoms with van der Waals surface area (Å²) >= 11 is 0. The van der Waals surface area contributed by atoms with Gasteiger partial charge in [-0.15, -0.1) is 0 Å². The maximum Gasteiger partial charge on any atom is 0.129 e. The molecule has 0 aliphatic carbocycles. The van der Waals surface area contributed by atoms with Crippen molar-refractivity contribution in [3.63, 3.8) is 0 Å². The fraction of sp³-hybridized carbons (Fsp3) is 0.500. The topological polar surface area (TPSA) is 32.7 Å². The standard InChI is InChI=1S/C24H31NO2/c1-23(2)18-19-10-9-13-21(22(19)27-23)24(26,20-11-5-3-6-12-20)14-17-25-15-7-4-8-16-25/h3,5-6,9-13,26H,4,7-8,14-18H2,1-2H3. The van der Waals surface area contributed by atoms with E-state index in [2.05, 4.69) is 30.9 Å². The molecule has 2 aliphatic rings. The molecule has 2 heterocycles. The van der Waals surface area contributed by atoms with Gasteiger partial charge >= 0.3 is 0 Å². The van der Waals surface area contributed by atoms with Crippen LogP contribution in [0.1, 0.15) is 56.2 Å². The Kier molecular flexibility index (Phi) is 5.00. The van der Waals surface area contributed by atoms with Crippen molar-refractivity contribution in [1.82, 2.24) is 4.90 Å². The molecule has 144 valence electrons. The van der Waals surface area contributed by atoms with Gasteiger partial charge in [-0.05, 0) is 57.3 Å². The van der Waals surface area contributed by atoms with Crippen LogP contribution in [0.2, 0.25) is 0 Å². The molecule has 27 heavy (non-hydrogen) atoms. The molecule has 4 rings (SSSR count). The van der Waals surface area contributed by atoms with Gasteiger partial charge in [0.15, 0.2) is 0 Å². The summed E-state index contributed by atoms with van der Waals surface area (Å²) in [5.41, 5.74) is 1.80. The Bertz CT molecular complexity index is 780. The largest absolute Gasteiger partial charge is 0.487 e. The van der Waals surface area contributed by atoms with Gasteiger partial charge in [0.05, 0.1) is 0 Å². The molecule has 0 spiro atoms. The van der Waals surface area contributed by atoms with Crippen molar-refractivity contribution in [3.8, 4) is 5.75 Å². The lowest BCUT2D eigenvalue weighted by Crippen LogP contribution is -2.37. The van der Waals surface area contributed by atoms with Crippen molar-refractivity contribution in [2.45, 2.75) is 57.2 Å². The average Bonchev–Trinajstić information content (AvgIpc) is 3.01. The van der Waals surface area contributed by atoms with Gasteiger partial charge in [0.25, 0.3) is 0 Å². The quantitative estimate of drug-likeness (QED) is 0.846. The number of ether oxygens (including phenoxy) is 1. The summed E-state index contributed by atoms with van der Waals surface area (Å²) in [5.74, 6) is 0.882. The van der Waals surface area contributed by atoms with Crippen LogP contribution in [0.3, 0.4) is 0 Å². The van der Waals surface area contributed by atoms with E-state index in [9.17, 15) is 5.11 Å². The maximum atomic E-state index is 12.0. The second kappa shape index (κ2) is 7.29. The first-order valence-corrected chi connectivity index (χ1v) is 10.3. The van der Waals surface area contributed by atoms with Crippen LogP contribution in [-0.2, 0) is 12.0 Å². The zero-order valence-electron chi connectivity index (χ0n) is 16.6. The van der Waals surface area contributed by atoms with Crippen LogP contribution in [0, 0.1) is 0 Å². The van der Waals surface area contributed by atoms with E-state index < -0.39 is 5.60 Å². The van der Waals surface area contributed by atoms with Gasteiger partial charge in [0.1, 0.15) is 17.0 Å². The number of likely N-dealkylation sites (tertiary alicyclic amines) is 1. The van der Waals surface area contributed by atoms with E-state index in [0.717, 1.165) is 42.9 Å². The summed E-state index contributed by atoms with van der Waals surface area (Å²) in [4.78, 5) is 2.49. The number of hydrogen-bond donors (Lipinski definition) is 1. The molecule has 0 radical (unpaired) electrons. The Balaban J connectivity index is 1.70. The van der Waals surface area contributed by atoms with Crippen LogP contribution in [0.15, 0.2) is 48.5 Å². The van der Waals surface area contributed by atoms with E-state index in [4.69, 9.17) is 4.74 Å². The number of hydrogen-bond acceptors (Lipinski definition) is 3. The van der Waals surface area contributed by atoms with Crippen LogP contribution >= 0.6 is 0 Å². The molecule has 1 N–H and O–H groups in total. The molecule has 1 saturated heterocycles. The molecule has 3 nitrogen and oxygen atoms in total. The number of benzene rings is 2. The Labute approximate surface area is 163 Å². The highest BCUT2D eigenvalue weighted by Crippen LogP contribution is 2.45. The van der Waals surface area contributed by atoms with E-state index in [1.54, 1.807) is 0 Å². The summed E-state index contributed by atoms with van der Waals surface area (Å²) in [7, 11) is 0. The van der Waals surface area contributed by atoms with E-state index >= 15 is 0 Å². The highest BCUT2D eigenvalue weighted by atomic mass is 16.5. The summed E-state index contributed by atoms with van der Waals surface area (Å²) < 4.78 is 6.31. The summed E-state index contributed by atoms with van der Waals surface area (Å²) in [5, 5.41) is 12.0. The van der Waals surface area contributed by atoms with Crippen molar-refractivity contribution in [2.75, 3.05) is 19.6 Å². The van der Waals surface area contributed by atoms with Crippen LogP contribution in [0.4, 0.5) is 0 Å². The van der Waals surface area contributed by atoms with Gasteiger partial charge in [-0.1, -0.05) is 55.0 Å². The first-order chi connectivity index (χ1) is 13.0. The van der Waals surface area contributed by atoms with Crippen LogP contribution < -0.4 is 4.74 Å². The fourth-order valence-electron chi connectivity index (χ4n) is 4.59. The lowest BCUT2D eigenvalue weighted by molar-refractivity contribution is 0.0482. The van der Waals surface area contributed by atoms with Crippen molar-refractivity contribution in [3.05, 3.63) is 65.2 Å². The van der Waals surface area contributed by atoms with Gasteiger partial charge in [-0.3, -0.25) is 0 Å². The first-order valence-electron chi connectivity index (χ1n) is 10.3. The van der Waals surface area contributed by atoms with E-state index in [1.165, 1.54) is 24.8 Å². The number of piperidine rings is 1. The van der Waals surface area contributed by atoms with Crippen molar-refractivity contribution in [1.29, 1.82) is 0 Å². The molecule has 0 aromatic heterocycles. The van der Waals surface area contributed by atoms with Crippen LogP contribution in [-0.4, -0.2) is 35.2 Å². The predicted molar refractivity (Wildman–Crippen MR) is 109 cm³/mol. The summed E-state index contributed by atoms with van der Waals surface area (Å²) in [6, 6.07) is 16.3. The molecular formula is C24H31NO2. The Morgan fingerprint density at radius 3 is 2.48 bits per heavy atom. The maximum absolute atomic E-state index is 12.0. The minimum Gasteiger partial charge on any atom is -0.487 e. The van der Waals surface area contributed by atoms with Crippen molar-refractivity contribution in [2.24, 2.45) is 0 Å². The highest BCUT2D eigenvalue weighted by molar-refractivity contribution is 5.52. The third kappa shape index (κ3) is 3.76. The molecule has 2 aliphatic heterocycles. The van der Waals surface area contributed by atoms with E-state index in [0.29, 0.717) is 6.42 Å². The molecular weight excluding hydrogens is 334 g/mol. The lowest BCUT2D eigenvalue weighted by atomic mass is 9.82. The zero-order chi connectivity index (χ0) is 18.9. The molecule has 1 atom stereocenters. The minimum absolute atomic E-state index is 0.219. The van der Waals surface area contributed by atoms with Crippen LogP contribution in [0.5, 0.6) is 5.75 Å². The molecule has 0 bridgehead atoms. The molecule has 1 unspecified atom stereocenters. The normalized spacial score (nSPS) is 21.3. The molecule has 2 aromatic carbocycles. The van der Waals surface area contributed by atoms with Gasteiger partial charge in [0.2, 0.25) is 0 Å². The molecule has 0 amide bonds. The number of para-hydroxylation sites is 1. The summed E-state index contributed by atoms with van der Waals surface area (Å²) in [6.45, 7) is 7.42. The SMILES string of the molecule is CC1(C)Cc2cccc(C(O)(CCN3CCCCC3)c3ccccc3)c2O1. The number of fused-ring (bicyclic) bond motifs is 1. The average molecular weight is 366 g/mol. The number of aliphatic hydroxyl groups is 1. The van der Waals surface area contributed by atoms with Gasteiger partial charge in [-0.2, -0.15) is 0 Å². The Morgan fingerprint density at radius 1 is 1.00 bits per heavy atom. The fourth-order valence-corrected chi connectivity index (χ4v) is 4.59. The highest BCUT2D eigenvalue weighted by Gasteiger charge is 2.40. The number of rotatable bonds is 5. The Hall–Kier alpha value is -1.84. The summed E-state index contributed by atoms with van der Waals surface area (Å²) in [6.07, 6.45) is 5.42. The van der Waals surface area contributed by atoms with Crippen molar-refractivity contribution >= 4 is 0 Å². The molecule has 2 aromatic rings. The van der Waals surface area contributed by atoms with E-state index in [1.807, 2.05) is 36.4 Å². The second-order valence-electron chi connectivity index (χ2n) is 8.71. The van der Waals surface area contributed by atoms with Crippen molar-refractivity contribution < 1.29 is 9.84 Å². The predicted octanol–water partition coefficient (Wildman–Crippen LogP) is 4.51. The Morgan fingerprint density at radius 2 is 1.74 bits per heavy atom. The van der Waals surface area contributed by atoms with Crippen LogP contribution in [0.25, 0.3) is 0 Å². The zero-order valence-corrected chi connectivity index (χ0v) is 16.6. The third-order valence-electron chi connectivity index (χ3n) is 6.03. The second-order valence-corrected chi connectivity index (χ2v) is 8.71. The van der Waals surface area contributed by atoms with Gasteiger partial charge in [0, 0.05) is 18.5 Å².